The molecule has 6 rings (SSSR count). The van der Waals surface area contributed by atoms with Crippen molar-refractivity contribution in [2.24, 2.45) is 0 Å². The maximum absolute atomic E-state index is 13.0. The lowest BCUT2D eigenvalue weighted by Crippen LogP contribution is -2.47. The van der Waals surface area contributed by atoms with Gasteiger partial charge in [-0.15, -0.1) is 0 Å². The largest absolute Gasteiger partial charge is 0.364 e. The number of nitrogens with zero attached hydrogens (tertiary/aromatic N) is 7. The quantitative estimate of drug-likeness (QED) is 0.370. The van der Waals surface area contributed by atoms with Gasteiger partial charge in [-0.05, 0) is 42.3 Å². The molecule has 1 fully saturated rings. The first-order valence-corrected chi connectivity index (χ1v) is 13.1. The van der Waals surface area contributed by atoms with Crippen LogP contribution in [0.1, 0.15) is 15.9 Å². The normalized spacial score (nSPS) is 14.2. The Bertz CT molecular complexity index is 1510. The standard InChI is InChI=1S/C27H26N8OS/c1-33-10-12-34(13-11-33)27(36)21-6-4-20(5-7-21)24-31-25(29-16-19-3-2-9-28-15-19)23-26(32-24)35(18-30-23)22-8-14-37-17-22/h2-9,14-15,17-18H,10-13,16H2,1H3,(H,29,31,32). The topological polar surface area (TPSA) is 92.1 Å². The van der Waals surface area contributed by atoms with Gasteiger partial charge >= 0.3 is 0 Å². The van der Waals surface area contributed by atoms with Crippen LogP contribution < -0.4 is 5.32 Å². The molecule has 0 spiro atoms. The molecule has 4 aromatic heterocycles. The lowest BCUT2D eigenvalue weighted by molar-refractivity contribution is 0.0664. The molecule has 0 radical (unpaired) electrons. The average Bonchev–Trinajstić information content (AvgIpc) is 3.63. The second-order valence-electron chi connectivity index (χ2n) is 9.05. The fraction of sp³-hybridized carbons (Fsp3) is 0.222. The van der Waals surface area contributed by atoms with E-state index in [0.29, 0.717) is 29.3 Å². The third kappa shape index (κ3) is 4.81. The van der Waals surface area contributed by atoms with Gasteiger partial charge in [0.1, 0.15) is 6.33 Å². The highest BCUT2D eigenvalue weighted by molar-refractivity contribution is 7.08. The third-order valence-electron chi connectivity index (χ3n) is 6.54. The number of pyridine rings is 1. The minimum Gasteiger partial charge on any atom is -0.364 e. The van der Waals surface area contributed by atoms with Crippen molar-refractivity contribution in [1.82, 2.24) is 34.3 Å². The van der Waals surface area contributed by atoms with Gasteiger partial charge in [0.2, 0.25) is 0 Å². The summed E-state index contributed by atoms with van der Waals surface area (Å²) in [4.78, 5) is 35.7. The van der Waals surface area contributed by atoms with Crippen molar-refractivity contribution in [2.75, 3.05) is 38.5 Å². The molecule has 0 unspecified atom stereocenters. The zero-order chi connectivity index (χ0) is 25.2. The van der Waals surface area contributed by atoms with E-state index in [9.17, 15) is 4.79 Å². The molecule has 1 aliphatic heterocycles. The molecule has 1 aliphatic rings. The highest BCUT2D eigenvalue weighted by Crippen LogP contribution is 2.27. The van der Waals surface area contributed by atoms with E-state index in [0.717, 1.165) is 48.6 Å². The molecule has 5 heterocycles. The highest BCUT2D eigenvalue weighted by Gasteiger charge is 2.21. The zero-order valence-electron chi connectivity index (χ0n) is 20.4. The fourth-order valence-electron chi connectivity index (χ4n) is 4.38. The number of rotatable bonds is 6. The lowest BCUT2D eigenvalue weighted by Gasteiger charge is -2.32. The number of benzene rings is 1. The summed E-state index contributed by atoms with van der Waals surface area (Å²) in [7, 11) is 2.08. The molecule has 186 valence electrons. The third-order valence-corrected chi connectivity index (χ3v) is 7.21. The van der Waals surface area contributed by atoms with Crippen molar-refractivity contribution in [3.63, 3.8) is 0 Å². The Morgan fingerprint density at radius 2 is 1.89 bits per heavy atom. The molecule has 1 N–H and O–H groups in total. The van der Waals surface area contributed by atoms with E-state index in [-0.39, 0.29) is 5.91 Å². The summed E-state index contributed by atoms with van der Waals surface area (Å²) in [6.45, 7) is 3.84. The smallest absolute Gasteiger partial charge is 0.253 e. The Morgan fingerprint density at radius 3 is 2.62 bits per heavy atom. The minimum absolute atomic E-state index is 0.0605. The number of anilines is 1. The molecule has 37 heavy (non-hydrogen) atoms. The van der Waals surface area contributed by atoms with Crippen LogP contribution in [0.25, 0.3) is 28.2 Å². The van der Waals surface area contributed by atoms with Crippen LogP contribution in [0.5, 0.6) is 0 Å². The Hall–Kier alpha value is -4.15. The summed E-state index contributed by atoms with van der Waals surface area (Å²) in [6.07, 6.45) is 5.36. The van der Waals surface area contributed by atoms with E-state index in [1.165, 1.54) is 0 Å². The first-order chi connectivity index (χ1) is 18.2. The monoisotopic (exact) mass is 510 g/mol. The van der Waals surface area contributed by atoms with Gasteiger partial charge in [-0.3, -0.25) is 14.3 Å². The molecule has 10 heteroatoms. The Balaban J connectivity index is 1.34. The number of piperazine rings is 1. The van der Waals surface area contributed by atoms with Crippen LogP contribution in [0, 0.1) is 0 Å². The van der Waals surface area contributed by atoms with Crippen LogP contribution in [-0.2, 0) is 6.54 Å². The number of hydrogen-bond donors (Lipinski definition) is 1. The molecule has 1 aromatic carbocycles. The number of amides is 1. The number of hydrogen-bond acceptors (Lipinski definition) is 8. The molecule has 0 saturated carbocycles. The van der Waals surface area contributed by atoms with Crippen molar-refractivity contribution in [2.45, 2.75) is 6.54 Å². The molecular weight excluding hydrogens is 484 g/mol. The molecule has 0 atom stereocenters. The second kappa shape index (κ2) is 10.1. The van der Waals surface area contributed by atoms with Crippen LogP contribution >= 0.6 is 11.3 Å². The van der Waals surface area contributed by atoms with E-state index in [1.807, 2.05) is 63.5 Å². The van der Waals surface area contributed by atoms with Crippen LogP contribution in [0.3, 0.4) is 0 Å². The van der Waals surface area contributed by atoms with Crippen molar-refractivity contribution >= 4 is 34.2 Å². The van der Waals surface area contributed by atoms with Gasteiger partial charge in [0, 0.05) is 61.6 Å². The number of nitrogens with one attached hydrogen (secondary N) is 1. The van der Waals surface area contributed by atoms with Gasteiger partial charge < -0.3 is 15.1 Å². The van der Waals surface area contributed by atoms with Gasteiger partial charge in [-0.25, -0.2) is 15.0 Å². The average molecular weight is 511 g/mol. The summed E-state index contributed by atoms with van der Waals surface area (Å²) in [5.74, 6) is 1.28. The summed E-state index contributed by atoms with van der Waals surface area (Å²) >= 11 is 1.62. The fourth-order valence-corrected chi connectivity index (χ4v) is 5.01. The van der Waals surface area contributed by atoms with Crippen LogP contribution in [0.4, 0.5) is 5.82 Å². The Labute approximate surface area is 218 Å². The van der Waals surface area contributed by atoms with Crippen LogP contribution in [-0.4, -0.2) is 73.4 Å². The van der Waals surface area contributed by atoms with Crippen molar-refractivity contribution in [1.29, 1.82) is 0 Å². The van der Waals surface area contributed by atoms with Crippen LogP contribution in [0.15, 0.2) is 71.9 Å². The van der Waals surface area contributed by atoms with E-state index in [2.05, 4.69) is 32.6 Å². The van der Waals surface area contributed by atoms with Gasteiger partial charge in [-0.2, -0.15) is 11.3 Å². The molecular formula is C27H26N8OS. The highest BCUT2D eigenvalue weighted by atomic mass is 32.1. The molecule has 0 bridgehead atoms. The number of thiophene rings is 1. The molecule has 1 saturated heterocycles. The van der Waals surface area contributed by atoms with Crippen molar-refractivity contribution in [3.05, 3.63) is 83.1 Å². The number of fused-ring (bicyclic) bond motifs is 1. The van der Waals surface area contributed by atoms with Gasteiger partial charge in [-0.1, -0.05) is 18.2 Å². The molecule has 1 amide bonds. The van der Waals surface area contributed by atoms with E-state index in [4.69, 9.17) is 9.97 Å². The summed E-state index contributed by atoms with van der Waals surface area (Å²) < 4.78 is 1.97. The first kappa shape index (κ1) is 23.3. The predicted molar refractivity (Wildman–Crippen MR) is 145 cm³/mol. The van der Waals surface area contributed by atoms with Crippen molar-refractivity contribution in [3.8, 4) is 17.1 Å². The number of aromatic nitrogens is 5. The number of likely N-dealkylation sites (N-methyl/N-ethyl adjacent to an activating group) is 1. The zero-order valence-corrected chi connectivity index (χ0v) is 21.2. The SMILES string of the molecule is CN1CCN(C(=O)c2ccc(-c3nc(NCc4cccnc4)c4ncn(-c5ccsc5)c4n3)cc2)CC1. The van der Waals surface area contributed by atoms with E-state index >= 15 is 0 Å². The second-order valence-corrected chi connectivity index (χ2v) is 9.83. The van der Waals surface area contributed by atoms with Gasteiger partial charge in [0.05, 0.1) is 5.69 Å². The molecule has 0 aliphatic carbocycles. The Kier molecular flexibility index (Phi) is 6.33. The maximum atomic E-state index is 13.0. The van der Waals surface area contributed by atoms with Gasteiger partial charge in [0.25, 0.3) is 5.91 Å². The van der Waals surface area contributed by atoms with E-state index in [1.54, 1.807) is 23.9 Å². The number of carbonyl (C=O) groups is 1. The summed E-state index contributed by atoms with van der Waals surface area (Å²) in [5, 5.41) is 7.51. The molecule has 5 aromatic rings. The first-order valence-electron chi connectivity index (χ1n) is 12.1. The lowest BCUT2D eigenvalue weighted by atomic mass is 10.1. The van der Waals surface area contributed by atoms with Gasteiger partial charge in [0.15, 0.2) is 22.8 Å². The van der Waals surface area contributed by atoms with Crippen LogP contribution in [0.2, 0.25) is 0 Å². The maximum Gasteiger partial charge on any atom is 0.253 e. The summed E-state index contributed by atoms with van der Waals surface area (Å²) in [5.41, 5.74) is 4.96. The summed E-state index contributed by atoms with van der Waals surface area (Å²) in [6, 6.07) is 13.5. The van der Waals surface area contributed by atoms with Crippen molar-refractivity contribution < 1.29 is 4.79 Å². The Morgan fingerprint density at radius 1 is 1.05 bits per heavy atom. The number of imidazole rings is 1. The number of carbonyl (C=O) groups excluding carboxylic acids is 1. The molecule has 9 nitrogen and oxygen atoms in total. The van der Waals surface area contributed by atoms with E-state index < -0.39 is 0 Å². The predicted octanol–water partition coefficient (Wildman–Crippen LogP) is 3.94. The minimum atomic E-state index is 0.0605.